The number of ketones is 1. The smallest absolute Gasteiger partial charge is 0.332 e. The van der Waals surface area contributed by atoms with Crippen LogP contribution in [0.4, 0.5) is 0 Å². The van der Waals surface area contributed by atoms with Gasteiger partial charge in [-0.15, -0.1) is 6.58 Å². The number of aliphatic hydroxyl groups is 2. The molecule has 3 saturated carbocycles. The van der Waals surface area contributed by atoms with E-state index < -0.39 is 30.2 Å². The largest absolute Gasteiger partial charge is 0.460 e. The normalized spacial score (nSPS) is 48.3. The van der Waals surface area contributed by atoms with E-state index in [-0.39, 0.29) is 34.9 Å². The van der Waals surface area contributed by atoms with Crippen molar-refractivity contribution in [3.8, 4) is 0 Å². The molecular weight excluding hydrogens is 332 g/mol. The lowest BCUT2D eigenvalue weighted by molar-refractivity contribution is -0.199. The second-order valence-corrected chi connectivity index (χ2v) is 8.99. The highest BCUT2D eigenvalue weighted by Gasteiger charge is 2.67. The van der Waals surface area contributed by atoms with Crippen molar-refractivity contribution in [2.75, 3.05) is 6.61 Å². The van der Waals surface area contributed by atoms with E-state index in [1.165, 1.54) is 0 Å². The van der Waals surface area contributed by atoms with E-state index in [9.17, 15) is 19.8 Å². The maximum atomic E-state index is 13.0. The monoisotopic (exact) mass is 364 g/mol. The summed E-state index contributed by atoms with van der Waals surface area (Å²) in [6.45, 7) is 9.51. The van der Waals surface area contributed by atoms with Crippen molar-refractivity contribution < 1.29 is 24.5 Å². The van der Waals surface area contributed by atoms with E-state index in [0.29, 0.717) is 12.8 Å². The second kappa shape index (κ2) is 6.75. The minimum Gasteiger partial charge on any atom is -0.460 e. The van der Waals surface area contributed by atoms with Gasteiger partial charge in [-0.2, -0.15) is 0 Å². The predicted octanol–water partition coefficient (Wildman–Crippen LogP) is 2.50. The molecule has 5 nitrogen and oxygen atoms in total. The number of rotatable bonds is 3. The minimum atomic E-state index is -0.678. The molecule has 0 saturated heterocycles. The van der Waals surface area contributed by atoms with Crippen molar-refractivity contribution in [2.45, 2.75) is 65.1 Å². The van der Waals surface area contributed by atoms with Crippen molar-refractivity contribution in [1.82, 2.24) is 0 Å². The third-order valence-electron chi connectivity index (χ3n) is 8.20. The average molecular weight is 364 g/mol. The van der Waals surface area contributed by atoms with Crippen LogP contribution < -0.4 is 0 Å². The summed E-state index contributed by atoms with van der Waals surface area (Å²) in [5.74, 6) is -0.656. The molecule has 0 radical (unpaired) electrons. The number of aliphatic hydroxyl groups excluding tert-OH is 2. The molecule has 0 aliphatic heterocycles. The van der Waals surface area contributed by atoms with Crippen molar-refractivity contribution >= 4 is 11.8 Å². The summed E-state index contributed by atoms with van der Waals surface area (Å²) in [7, 11) is 0. The fourth-order valence-corrected chi connectivity index (χ4v) is 6.46. The number of carbonyl (C=O) groups excluding carboxylic acids is 2. The highest BCUT2D eigenvalue weighted by molar-refractivity contribution is 5.85. The zero-order valence-electron chi connectivity index (χ0n) is 16.1. The first-order valence-electron chi connectivity index (χ1n) is 9.86. The third kappa shape index (κ3) is 2.58. The quantitative estimate of drug-likeness (QED) is 0.594. The van der Waals surface area contributed by atoms with Gasteiger partial charge in [0, 0.05) is 23.7 Å². The summed E-state index contributed by atoms with van der Waals surface area (Å²) >= 11 is 0. The Morgan fingerprint density at radius 1 is 1.38 bits per heavy atom. The molecule has 3 aliphatic carbocycles. The summed E-state index contributed by atoms with van der Waals surface area (Å²) in [6, 6.07) is 0. The van der Waals surface area contributed by atoms with Gasteiger partial charge >= 0.3 is 5.97 Å². The van der Waals surface area contributed by atoms with Gasteiger partial charge in [-0.25, -0.2) is 4.79 Å². The van der Waals surface area contributed by atoms with Gasteiger partial charge in [0.2, 0.25) is 0 Å². The Kier molecular flexibility index (Phi) is 5.08. The van der Waals surface area contributed by atoms with Crippen LogP contribution in [0.25, 0.3) is 0 Å². The molecule has 3 fully saturated rings. The summed E-state index contributed by atoms with van der Waals surface area (Å²) in [6.07, 6.45) is 4.24. The maximum absolute atomic E-state index is 13.0. The molecule has 2 bridgehead atoms. The standard InChI is InChI=1S/C21H32O5/c1-5-14-10-16(26-17(24)11-22)20(4)12(2)6-8-21(13(3)18(14)25)9-7-15(23)19(20)21/h5,12-14,16,18-19,22,25H,1,6-11H2,2-4H3/t12-,13+,14?,16-,18+,19?,20+,21?/m1/s1. The molecule has 0 heterocycles. The van der Waals surface area contributed by atoms with Gasteiger partial charge in [-0.1, -0.05) is 26.8 Å². The van der Waals surface area contributed by atoms with Gasteiger partial charge in [0.1, 0.15) is 18.5 Å². The first-order valence-corrected chi connectivity index (χ1v) is 9.86. The average Bonchev–Trinajstić information content (AvgIpc) is 2.98. The Balaban J connectivity index is 2.16. The molecule has 0 aromatic carbocycles. The van der Waals surface area contributed by atoms with Crippen LogP contribution in [0.2, 0.25) is 0 Å². The highest BCUT2D eigenvalue weighted by atomic mass is 16.6. The fourth-order valence-electron chi connectivity index (χ4n) is 6.46. The van der Waals surface area contributed by atoms with Crippen molar-refractivity contribution in [3.05, 3.63) is 12.7 Å². The van der Waals surface area contributed by atoms with Crippen LogP contribution >= 0.6 is 0 Å². The van der Waals surface area contributed by atoms with Gasteiger partial charge in [-0.05, 0) is 42.9 Å². The topological polar surface area (TPSA) is 83.8 Å². The van der Waals surface area contributed by atoms with Gasteiger partial charge in [0.15, 0.2) is 0 Å². The van der Waals surface area contributed by atoms with Crippen LogP contribution in [0, 0.1) is 34.5 Å². The molecular formula is C21H32O5. The summed E-state index contributed by atoms with van der Waals surface area (Å²) < 4.78 is 5.70. The lowest BCUT2D eigenvalue weighted by Gasteiger charge is -2.60. The molecule has 0 aromatic heterocycles. The van der Waals surface area contributed by atoms with Crippen LogP contribution in [-0.4, -0.2) is 40.8 Å². The highest BCUT2D eigenvalue weighted by Crippen LogP contribution is 2.66. The van der Waals surface area contributed by atoms with Gasteiger partial charge < -0.3 is 14.9 Å². The van der Waals surface area contributed by atoms with Crippen molar-refractivity contribution in [3.63, 3.8) is 0 Å². The third-order valence-corrected chi connectivity index (χ3v) is 8.20. The second-order valence-electron chi connectivity index (χ2n) is 8.99. The molecule has 0 amide bonds. The summed E-state index contributed by atoms with van der Waals surface area (Å²) in [5, 5.41) is 20.3. The first-order chi connectivity index (χ1) is 12.2. The Bertz CT molecular complexity index is 601. The van der Waals surface area contributed by atoms with Crippen LogP contribution in [-0.2, 0) is 14.3 Å². The van der Waals surface area contributed by atoms with E-state index in [2.05, 4.69) is 27.4 Å². The number of esters is 1. The molecule has 3 unspecified atom stereocenters. The molecule has 8 atom stereocenters. The SMILES string of the molecule is C=CC1C[C@@H](OC(=O)CO)[C@@]2(C)C3C(=O)CCC3(CC[C@H]2C)[C@@H](C)[C@@H]1O. The maximum Gasteiger partial charge on any atom is 0.332 e. The van der Waals surface area contributed by atoms with Crippen LogP contribution in [0.5, 0.6) is 0 Å². The lowest BCUT2D eigenvalue weighted by atomic mass is 9.45. The Morgan fingerprint density at radius 3 is 2.69 bits per heavy atom. The Morgan fingerprint density at radius 2 is 2.08 bits per heavy atom. The van der Waals surface area contributed by atoms with E-state index in [1.807, 2.05) is 0 Å². The summed E-state index contributed by atoms with van der Waals surface area (Å²) in [4.78, 5) is 25.0. The van der Waals surface area contributed by atoms with Crippen LogP contribution in [0.1, 0.15) is 52.9 Å². The molecule has 26 heavy (non-hydrogen) atoms. The zero-order valence-corrected chi connectivity index (χ0v) is 16.1. The molecule has 3 aliphatic rings. The van der Waals surface area contributed by atoms with Crippen molar-refractivity contribution in [1.29, 1.82) is 0 Å². The van der Waals surface area contributed by atoms with E-state index in [1.54, 1.807) is 6.08 Å². The molecule has 5 heteroatoms. The van der Waals surface area contributed by atoms with Crippen LogP contribution in [0.3, 0.4) is 0 Å². The molecule has 0 aromatic rings. The molecule has 3 rings (SSSR count). The number of hydrogen-bond donors (Lipinski definition) is 2. The molecule has 146 valence electrons. The van der Waals surface area contributed by atoms with Crippen LogP contribution in [0.15, 0.2) is 12.7 Å². The van der Waals surface area contributed by atoms with Crippen molar-refractivity contribution in [2.24, 2.45) is 34.5 Å². The van der Waals surface area contributed by atoms with Gasteiger partial charge in [0.25, 0.3) is 0 Å². The van der Waals surface area contributed by atoms with Gasteiger partial charge in [-0.3, -0.25) is 4.79 Å². The Labute approximate surface area is 155 Å². The Hall–Kier alpha value is -1.20. The first kappa shape index (κ1) is 19.6. The number of hydrogen-bond acceptors (Lipinski definition) is 5. The van der Waals surface area contributed by atoms with E-state index in [4.69, 9.17) is 4.74 Å². The number of carbonyl (C=O) groups is 2. The molecule has 0 spiro atoms. The summed E-state index contributed by atoms with van der Waals surface area (Å²) in [5.41, 5.74) is -0.740. The lowest BCUT2D eigenvalue weighted by Crippen LogP contribution is -2.61. The predicted molar refractivity (Wildman–Crippen MR) is 97.1 cm³/mol. The van der Waals surface area contributed by atoms with Gasteiger partial charge in [0.05, 0.1) is 6.10 Å². The zero-order chi connectivity index (χ0) is 19.3. The number of ether oxygens (including phenoxy) is 1. The minimum absolute atomic E-state index is 0.0109. The van der Waals surface area contributed by atoms with E-state index in [0.717, 1.165) is 19.3 Å². The van der Waals surface area contributed by atoms with E-state index >= 15 is 0 Å². The fraction of sp³-hybridized carbons (Fsp3) is 0.810. The number of Topliss-reactive ketones (excluding diaryl/α,β-unsaturated/α-hetero) is 1. The molecule has 2 N–H and O–H groups in total.